The largest absolute Gasteiger partial charge is 0.493 e. The molecule has 0 amide bonds. The Balaban J connectivity index is 3.17. The Bertz CT molecular complexity index is 524. The number of alkyl halides is 5. The molecule has 0 aliphatic carbocycles. The summed E-state index contributed by atoms with van der Waals surface area (Å²) in [5.41, 5.74) is -0.407. The highest BCUT2D eigenvalue weighted by Gasteiger charge is 2.65. The van der Waals surface area contributed by atoms with E-state index in [1.165, 1.54) is 6.07 Å². The van der Waals surface area contributed by atoms with Crippen molar-refractivity contribution in [3.63, 3.8) is 0 Å². The van der Waals surface area contributed by atoms with Crippen LogP contribution in [0.25, 0.3) is 0 Å². The number of ether oxygens (including phenoxy) is 2. The molecule has 1 rings (SSSR count). The van der Waals surface area contributed by atoms with E-state index in [2.05, 4.69) is 9.47 Å². The number of methoxy groups -OCH3 is 1. The first kappa shape index (κ1) is 15.9. The summed E-state index contributed by atoms with van der Waals surface area (Å²) in [5.74, 6) is -9.69. The van der Waals surface area contributed by atoms with E-state index in [1.807, 2.05) is 0 Å². The van der Waals surface area contributed by atoms with E-state index in [0.29, 0.717) is 0 Å². The average molecular weight is 298 g/mol. The van der Waals surface area contributed by atoms with Gasteiger partial charge in [0.2, 0.25) is 0 Å². The van der Waals surface area contributed by atoms with Crippen LogP contribution in [0.1, 0.15) is 10.4 Å². The van der Waals surface area contributed by atoms with Gasteiger partial charge in [0.25, 0.3) is 0 Å². The van der Waals surface area contributed by atoms with Gasteiger partial charge in [-0.1, -0.05) is 6.07 Å². The third-order valence-corrected chi connectivity index (χ3v) is 2.16. The van der Waals surface area contributed by atoms with E-state index >= 15 is 0 Å². The van der Waals surface area contributed by atoms with E-state index in [0.717, 1.165) is 19.2 Å². The summed E-state index contributed by atoms with van der Waals surface area (Å²) in [7, 11) is 1.06. The Labute approximate surface area is 109 Å². The molecule has 0 aliphatic rings. The smallest absolute Gasteiger partial charge is 0.465 e. The van der Waals surface area contributed by atoms with Gasteiger partial charge in [0.1, 0.15) is 0 Å². The average Bonchev–Trinajstić information content (AvgIpc) is 2.37. The van der Waals surface area contributed by atoms with Crippen LogP contribution in [-0.2, 0) is 4.79 Å². The number of para-hydroxylation sites is 1. The van der Waals surface area contributed by atoms with Crippen molar-refractivity contribution in [2.75, 3.05) is 7.11 Å². The molecule has 0 unspecified atom stereocenters. The molecule has 0 aromatic heterocycles. The number of halogens is 5. The van der Waals surface area contributed by atoms with E-state index in [9.17, 15) is 31.5 Å². The molecule has 1 aromatic rings. The van der Waals surface area contributed by atoms with Crippen molar-refractivity contribution in [2.45, 2.75) is 12.1 Å². The number of rotatable bonds is 4. The molecule has 9 heteroatoms. The molecule has 1 aromatic carbocycles. The third kappa shape index (κ3) is 2.86. The first-order valence-electron chi connectivity index (χ1n) is 4.94. The van der Waals surface area contributed by atoms with E-state index in [4.69, 9.17) is 0 Å². The standard InChI is InChI=1S/C11H7F5O4/c1-19-7-4-2-3-6(5-17)8(7)20-9(18)10(12,13)11(14,15)16/h2-5H,1H3. The van der Waals surface area contributed by atoms with Crippen LogP contribution in [0.15, 0.2) is 18.2 Å². The van der Waals surface area contributed by atoms with Crippen LogP contribution in [0.3, 0.4) is 0 Å². The molecule has 0 fully saturated rings. The molecule has 0 saturated heterocycles. The number of carbonyl (C=O) groups excluding carboxylic acids is 2. The highest BCUT2D eigenvalue weighted by Crippen LogP contribution is 2.38. The zero-order valence-electron chi connectivity index (χ0n) is 9.83. The molecule has 0 N–H and O–H groups in total. The summed E-state index contributed by atoms with van der Waals surface area (Å²) in [4.78, 5) is 21.6. The quantitative estimate of drug-likeness (QED) is 0.371. The Morgan fingerprint density at radius 1 is 1.20 bits per heavy atom. The van der Waals surface area contributed by atoms with E-state index in [-0.39, 0.29) is 12.0 Å². The predicted molar refractivity (Wildman–Crippen MR) is 55.0 cm³/mol. The topological polar surface area (TPSA) is 52.6 Å². The Morgan fingerprint density at radius 2 is 1.80 bits per heavy atom. The second kappa shape index (κ2) is 5.43. The third-order valence-electron chi connectivity index (χ3n) is 2.16. The molecule has 0 radical (unpaired) electrons. The van der Waals surface area contributed by atoms with Crippen LogP contribution in [0.4, 0.5) is 22.0 Å². The normalized spacial score (nSPS) is 11.9. The van der Waals surface area contributed by atoms with Gasteiger partial charge in [0.15, 0.2) is 17.8 Å². The van der Waals surface area contributed by atoms with Crippen LogP contribution in [0.5, 0.6) is 11.5 Å². The van der Waals surface area contributed by atoms with Crippen LogP contribution in [0, 0.1) is 0 Å². The molecule has 0 heterocycles. The summed E-state index contributed by atoms with van der Waals surface area (Å²) in [6, 6.07) is 3.45. The number of hydrogen-bond acceptors (Lipinski definition) is 4. The van der Waals surface area contributed by atoms with Crippen LogP contribution in [-0.4, -0.2) is 31.5 Å². The molecule has 0 atom stereocenters. The van der Waals surface area contributed by atoms with Gasteiger partial charge in [0, 0.05) is 0 Å². The molecule has 110 valence electrons. The van der Waals surface area contributed by atoms with Crippen molar-refractivity contribution >= 4 is 12.3 Å². The van der Waals surface area contributed by atoms with Gasteiger partial charge in [-0.2, -0.15) is 22.0 Å². The number of carbonyl (C=O) groups is 2. The lowest BCUT2D eigenvalue weighted by atomic mass is 10.2. The summed E-state index contributed by atoms with van der Waals surface area (Å²) < 4.78 is 70.1. The first-order chi connectivity index (χ1) is 9.15. The summed E-state index contributed by atoms with van der Waals surface area (Å²) in [6.45, 7) is 0. The van der Waals surface area contributed by atoms with Gasteiger partial charge < -0.3 is 9.47 Å². The van der Waals surface area contributed by atoms with Gasteiger partial charge in [-0.25, -0.2) is 4.79 Å². The molecular formula is C11H7F5O4. The van der Waals surface area contributed by atoms with Crippen molar-refractivity contribution in [3.8, 4) is 11.5 Å². The number of hydrogen-bond donors (Lipinski definition) is 0. The minimum Gasteiger partial charge on any atom is -0.493 e. The zero-order valence-corrected chi connectivity index (χ0v) is 9.83. The number of esters is 1. The minimum atomic E-state index is -6.10. The fourth-order valence-electron chi connectivity index (χ4n) is 1.17. The minimum absolute atomic E-state index is 0.122. The van der Waals surface area contributed by atoms with Crippen molar-refractivity contribution < 1.29 is 41.0 Å². The Hall–Kier alpha value is -2.19. The monoisotopic (exact) mass is 298 g/mol. The molecule has 0 spiro atoms. The molecule has 0 saturated carbocycles. The van der Waals surface area contributed by atoms with Crippen LogP contribution in [0.2, 0.25) is 0 Å². The maximum atomic E-state index is 12.8. The number of benzene rings is 1. The molecule has 20 heavy (non-hydrogen) atoms. The highest BCUT2D eigenvalue weighted by atomic mass is 19.4. The van der Waals surface area contributed by atoms with Crippen LogP contribution < -0.4 is 9.47 Å². The van der Waals surface area contributed by atoms with Gasteiger partial charge >= 0.3 is 18.1 Å². The molecular weight excluding hydrogens is 291 g/mol. The number of aldehydes is 1. The van der Waals surface area contributed by atoms with Gasteiger partial charge in [-0.3, -0.25) is 4.79 Å². The van der Waals surface area contributed by atoms with Crippen molar-refractivity contribution in [2.24, 2.45) is 0 Å². The fourth-order valence-corrected chi connectivity index (χ4v) is 1.17. The Morgan fingerprint density at radius 3 is 2.25 bits per heavy atom. The lowest BCUT2D eigenvalue weighted by Crippen LogP contribution is -2.46. The lowest BCUT2D eigenvalue weighted by molar-refractivity contribution is -0.276. The fraction of sp³-hybridized carbons (Fsp3) is 0.273. The Kier molecular flexibility index (Phi) is 4.31. The van der Waals surface area contributed by atoms with Crippen molar-refractivity contribution in [1.82, 2.24) is 0 Å². The van der Waals surface area contributed by atoms with E-state index in [1.54, 1.807) is 0 Å². The molecule has 4 nitrogen and oxygen atoms in total. The van der Waals surface area contributed by atoms with Gasteiger partial charge in [-0.05, 0) is 12.1 Å². The van der Waals surface area contributed by atoms with E-state index < -0.39 is 29.4 Å². The van der Waals surface area contributed by atoms with Gasteiger partial charge in [0.05, 0.1) is 12.7 Å². The summed E-state index contributed by atoms with van der Waals surface area (Å²) >= 11 is 0. The maximum absolute atomic E-state index is 12.8. The van der Waals surface area contributed by atoms with Crippen molar-refractivity contribution in [3.05, 3.63) is 23.8 Å². The maximum Gasteiger partial charge on any atom is 0.465 e. The SMILES string of the molecule is COc1cccc(C=O)c1OC(=O)C(F)(F)C(F)(F)F. The molecule has 0 bridgehead atoms. The molecule has 0 aliphatic heterocycles. The predicted octanol–water partition coefficient (Wildman–Crippen LogP) is 2.61. The van der Waals surface area contributed by atoms with Crippen LogP contribution >= 0.6 is 0 Å². The second-order valence-corrected chi connectivity index (χ2v) is 3.46. The second-order valence-electron chi connectivity index (χ2n) is 3.46. The van der Waals surface area contributed by atoms with Crippen molar-refractivity contribution in [1.29, 1.82) is 0 Å². The summed E-state index contributed by atoms with van der Waals surface area (Å²) in [6.07, 6.45) is -5.98. The first-order valence-corrected chi connectivity index (χ1v) is 4.94. The lowest BCUT2D eigenvalue weighted by Gasteiger charge is -2.18. The highest BCUT2D eigenvalue weighted by molar-refractivity contribution is 5.87. The van der Waals surface area contributed by atoms with Gasteiger partial charge in [-0.15, -0.1) is 0 Å². The zero-order chi connectivity index (χ0) is 15.6. The summed E-state index contributed by atoms with van der Waals surface area (Å²) in [5, 5.41) is 0.